The number of hydrogen-bond acceptors (Lipinski definition) is 4. The first-order valence-electron chi connectivity index (χ1n) is 5.45. The zero-order valence-electron chi connectivity index (χ0n) is 9.20. The van der Waals surface area contributed by atoms with E-state index in [1.165, 1.54) is 0 Å². The molecule has 7 heteroatoms. The monoisotopic (exact) mass is 265 g/mol. The van der Waals surface area contributed by atoms with Gasteiger partial charge in [-0.05, 0) is 19.4 Å². The van der Waals surface area contributed by atoms with Crippen molar-refractivity contribution < 1.29 is 13.2 Å². The van der Waals surface area contributed by atoms with E-state index in [0.29, 0.717) is 22.9 Å². The lowest BCUT2D eigenvalue weighted by Crippen LogP contribution is -2.42. The third kappa shape index (κ3) is 3.40. The molecule has 1 aliphatic heterocycles. The van der Waals surface area contributed by atoms with Gasteiger partial charge in [0.25, 0.3) is 0 Å². The van der Waals surface area contributed by atoms with E-state index in [-0.39, 0.29) is 6.04 Å². The number of thiazole rings is 1. The molecule has 0 amide bonds. The number of likely N-dealkylation sites (tertiary alicyclic amines) is 1. The lowest BCUT2D eigenvalue weighted by atomic mass is 10.1. The molecule has 1 aromatic heterocycles. The van der Waals surface area contributed by atoms with Crippen LogP contribution in [0.4, 0.5) is 13.2 Å². The average molecular weight is 265 g/mol. The highest BCUT2D eigenvalue weighted by Gasteiger charge is 2.33. The van der Waals surface area contributed by atoms with Gasteiger partial charge in [0.15, 0.2) is 0 Å². The van der Waals surface area contributed by atoms with Gasteiger partial charge < -0.3 is 5.73 Å². The third-order valence-corrected chi connectivity index (χ3v) is 3.76. The van der Waals surface area contributed by atoms with Gasteiger partial charge in [0.2, 0.25) is 0 Å². The lowest BCUT2D eigenvalue weighted by Gasteiger charge is -2.29. The van der Waals surface area contributed by atoms with Crippen molar-refractivity contribution in [3.63, 3.8) is 0 Å². The van der Waals surface area contributed by atoms with Crippen LogP contribution in [0.15, 0.2) is 6.20 Å². The van der Waals surface area contributed by atoms with Crippen LogP contribution >= 0.6 is 11.3 Å². The minimum atomic E-state index is -4.28. The molecule has 96 valence electrons. The quantitative estimate of drug-likeness (QED) is 0.890. The van der Waals surface area contributed by atoms with E-state index in [9.17, 15) is 13.2 Å². The standard InChI is InChI=1S/C10H14F3N3S/c11-10(12,13)8-4-15-9(17-8)6-16-3-1-2-7(14)5-16/h4,7H,1-3,5-6,14H2/t7-/m1/s1. The van der Waals surface area contributed by atoms with E-state index < -0.39 is 11.1 Å². The largest absolute Gasteiger partial charge is 0.427 e. The molecule has 1 aromatic rings. The third-order valence-electron chi connectivity index (χ3n) is 2.73. The summed E-state index contributed by atoms with van der Waals surface area (Å²) in [5.41, 5.74) is 5.81. The van der Waals surface area contributed by atoms with E-state index >= 15 is 0 Å². The van der Waals surface area contributed by atoms with Crippen LogP contribution in [0.1, 0.15) is 22.7 Å². The number of aromatic nitrogens is 1. The van der Waals surface area contributed by atoms with Crippen LogP contribution in [0, 0.1) is 0 Å². The second kappa shape index (κ2) is 4.91. The Hall–Kier alpha value is -0.660. The molecule has 1 aliphatic rings. The Morgan fingerprint density at radius 3 is 2.88 bits per heavy atom. The number of halogens is 3. The summed E-state index contributed by atoms with van der Waals surface area (Å²) in [6.45, 7) is 2.09. The first-order valence-corrected chi connectivity index (χ1v) is 6.26. The van der Waals surface area contributed by atoms with E-state index in [4.69, 9.17) is 5.73 Å². The molecule has 0 unspecified atom stereocenters. The van der Waals surface area contributed by atoms with Crippen molar-refractivity contribution in [3.05, 3.63) is 16.1 Å². The van der Waals surface area contributed by atoms with Crippen LogP contribution in [-0.2, 0) is 12.7 Å². The molecule has 0 spiro atoms. The van der Waals surface area contributed by atoms with Crippen molar-refractivity contribution in [3.8, 4) is 0 Å². The highest BCUT2D eigenvalue weighted by Crippen LogP contribution is 2.33. The SMILES string of the molecule is N[C@@H]1CCCN(Cc2ncc(C(F)(F)F)s2)C1. The molecule has 1 atom stereocenters. The molecule has 2 N–H and O–H groups in total. The van der Waals surface area contributed by atoms with Crippen molar-refractivity contribution in [1.82, 2.24) is 9.88 Å². The second-order valence-electron chi connectivity index (χ2n) is 4.25. The topological polar surface area (TPSA) is 42.1 Å². The first kappa shape index (κ1) is 12.8. The average Bonchev–Trinajstić information content (AvgIpc) is 2.65. The molecule has 2 rings (SSSR count). The fourth-order valence-corrected chi connectivity index (χ4v) is 2.77. The van der Waals surface area contributed by atoms with Crippen molar-refractivity contribution in [2.75, 3.05) is 13.1 Å². The summed E-state index contributed by atoms with van der Waals surface area (Å²) in [6.07, 6.45) is -1.39. The highest BCUT2D eigenvalue weighted by molar-refractivity contribution is 7.11. The van der Waals surface area contributed by atoms with Crippen LogP contribution in [0.2, 0.25) is 0 Å². The van der Waals surface area contributed by atoms with Crippen LogP contribution in [0.5, 0.6) is 0 Å². The van der Waals surface area contributed by atoms with Gasteiger partial charge in [-0.3, -0.25) is 4.90 Å². The fraction of sp³-hybridized carbons (Fsp3) is 0.700. The predicted octanol–water partition coefficient (Wildman–Crippen LogP) is 2.08. The van der Waals surface area contributed by atoms with E-state index in [0.717, 1.165) is 32.1 Å². The molecule has 1 saturated heterocycles. The number of piperidine rings is 1. The molecule has 0 saturated carbocycles. The molecule has 0 aliphatic carbocycles. The Labute approximate surface area is 101 Å². The number of hydrogen-bond donors (Lipinski definition) is 1. The Morgan fingerprint density at radius 2 is 2.29 bits per heavy atom. The molecular formula is C10H14F3N3S. The summed E-state index contributed by atoms with van der Waals surface area (Å²) in [5.74, 6) is 0. The Balaban J connectivity index is 1.97. The van der Waals surface area contributed by atoms with Crippen molar-refractivity contribution in [2.45, 2.75) is 31.6 Å². The normalized spacial score (nSPS) is 22.9. The van der Waals surface area contributed by atoms with Crippen LogP contribution in [0.3, 0.4) is 0 Å². The van der Waals surface area contributed by atoms with Gasteiger partial charge in [-0.15, -0.1) is 11.3 Å². The number of alkyl halides is 3. The summed E-state index contributed by atoms with van der Waals surface area (Å²) in [4.78, 5) is 5.25. The molecule has 0 aromatic carbocycles. The van der Waals surface area contributed by atoms with Crippen LogP contribution in [-0.4, -0.2) is 29.0 Å². The van der Waals surface area contributed by atoms with E-state index in [2.05, 4.69) is 9.88 Å². The fourth-order valence-electron chi connectivity index (χ4n) is 1.94. The van der Waals surface area contributed by atoms with E-state index in [1.807, 2.05) is 0 Å². The Morgan fingerprint density at radius 1 is 1.53 bits per heavy atom. The lowest BCUT2D eigenvalue weighted by molar-refractivity contribution is -0.134. The number of nitrogens with zero attached hydrogens (tertiary/aromatic N) is 2. The Bertz CT molecular complexity index is 377. The van der Waals surface area contributed by atoms with Gasteiger partial charge in [-0.1, -0.05) is 0 Å². The summed E-state index contributed by atoms with van der Waals surface area (Å²) < 4.78 is 37.1. The van der Waals surface area contributed by atoms with Crippen molar-refractivity contribution in [1.29, 1.82) is 0 Å². The van der Waals surface area contributed by atoms with Crippen LogP contribution in [0.25, 0.3) is 0 Å². The summed E-state index contributed by atoms with van der Waals surface area (Å²) >= 11 is 0.716. The zero-order chi connectivity index (χ0) is 12.5. The van der Waals surface area contributed by atoms with Gasteiger partial charge in [-0.25, -0.2) is 4.98 Å². The van der Waals surface area contributed by atoms with Gasteiger partial charge in [0.05, 0.1) is 12.7 Å². The molecule has 2 heterocycles. The molecular weight excluding hydrogens is 251 g/mol. The predicted molar refractivity (Wildman–Crippen MR) is 59.6 cm³/mol. The zero-order valence-corrected chi connectivity index (χ0v) is 10.0. The maximum atomic E-state index is 12.4. The molecule has 0 bridgehead atoms. The smallest absolute Gasteiger partial charge is 0.327 e. The van der Waals surface area contributed by atoms with Gasteiger partial charge in [0.1, 0.15) is 9.88 Å². The van der Waals surface area contributed by atoms with Crippen molar-refractivity contribution >= 4 is 11.3 Å². The number of rotatable bonds is 2. The maximum absolute atomic E-state index is 12.4. The Kier molecular flexibility index (Phi) is 3.70. The minimum absolute atomic E-state index is 0.130. The summed E-state index contributed by atoms with van der Waals surface area (Å²) in [7, 11) is 0. The van der Waals surface area contributed by atoms with Gasteiger partial charge in [-0.2, -0.15) is 13.2 Å². The molecule has 17 heavy (non-hydrogen) atoms. The van der Waals surface area contributed by atoms with Crippen molar-refractivity contribution in [2.24, 2.45) is 5.73 Å². The maximum Gasteiger partial charge on any atom is 0.427 e. The van der Waals surface area contributed by atoms with Crippen LogP contribution < -0.4 is 5.73 Å². The summed E-state index contributed by atoms with van der Waals surface area (Å²) in [5, 5.41) is 0.506. The molecule has 0 radical (unpaired) electrons. The van der Waals surface area contributed by atoms with E-state index in [1.54, 1.807) is 0 Å². The minimum Gasteiger partial charge on any atom is -0.327 e. The first-order chi connectivity index (χ1) is 7.95. The molecule has 1 fully saturated rings. The number of nitrogens with two attached hydrogens (primary N) is 1. The molecule has 3 nitrogen and oxygen atoms in total. The van der Waals surface area contributed by atoms with Gasteiger partial charge in [0, 0.05) is 12.6 Å². The second-order valence-corrected chi connectivity index (χ2v) is 5.37. The highest BCUT2D eigenvalue weighted by atomic mass is 32.1. The summed E-state index contributed by atoms with van der Waals surface area (Å²) in [6, 6.07) is 0.130. The van der Waals surface area contributed by atoms with Gasteiger partial charge >= 0.3 is 6.18 Å².